The third-order valence-electron chi connectivity index (χ3n) is 2.91. The lowest BCUT2D eigenvalue weighted by molar-refractivity contribution is -0.140. The van der Waals surface area contributed by atoms with E-state index in [-0.39, 0.29) is 19.0 Å². The predicted octanol–water partition coefficient (Wildman–Crippen LogP) is 3.87. The highest BCUT2D eigenvalue weighted by Crippen LogP contribution is 2.42. The number of benzene rings is 2. The number of hydrogen-bond donors (Lipinski definition) is 2. The van der Waals surface area contributed by atoms with Crippen LogP contribution in [0.25, 0.3) is 0 Å². The summed E-state index contributed by atoms with van der Waals surface area (Å²) < 4.78 is 43.9. The number of phenolic OH excluding ortho intramolecular Hbond substituents is 1. The van der Waals surface area contributed by atoms with Gasteiger partial charge in [0.15, 0.2) is 0 Å². The molecule has 2 aromatic rings. The molecule has 0 aliphatic carbocycles. The van der Waals surface area contributed by atoms with Crippen molar-refractivity contribution in [2.75, 3.05) is 0 Å². The lowest BCUT2D eigenvalue weighted by Gasteiger charge is -2.15. The van der Waals surface area contributed by atoms with E-state index in [9.17, 15) is 18.3 Å². The fraction of sp³-hybridized carbons (Fsp3) is 0.200. The summed E-state index contributed by atoms with van der Waals surface area (Å²) in [4.78, 5) is 0. The highest BCUT2D eigenvalue weighted by Gasteiger charge is 2.37. The molecule has 120 valence electrons. The van der Waals surface area contributed by atoms with E-state index >= 15 is 0 Å². The van der Waals surface area contributed by atoms with E-state index in [0.717, 1.165) is 11.6 Å². The summed E-state index contributed by atoms with van der Waals surface area (Å²) in [5.74, 6) is -1.25. The Morgan fingerprint density at radius 2 is 1.68 bits per heavy atom. The van der Waals surface area contributed by atoms with Gasteiger partial charge in [0.25, 0.3) is 0 Å². The highest BCUT2D eigenvalue weighted by atomic mass is 35.5. The van der Waals surface area contributed by atoms with Gasteiger partial charge in [-0.2, -0.15) is 13.2 Å². The SMILES string of the molecule is Cl.NCc1cccc(COc2cccc(O)c2C(F)(F)F)c1. The maximum Gasteiger partial charge on any atom is 0.423 e. The van der Waals surface area contributed by atoms with E-state index in [4.69, 9.17) is 10.5 Å². The first kappa shape index (κ1) is 18.1. The van der Waals surface area contributed by atoms with E-state index in [1.165, 1.54) is 12.1 Å². The van der Waals surface area contributed by atoms with Crippen molar-refractivity contribution in [2.24, 2.45) is 5.73 Å². The summed E-state index contributed by atoms with van der Waals surface area (Å²) in [6.45, 7) is 0.300. The number of phenols is 1. The van der Waals surface area contributed by atoms with Gasteiger partial charge in [0.1, 0.15) is 23.7 Å². The molecule has 0 heterocycles. The Morgan fingerprint density at radius 1 is 1.05 bits per heavy atom. The first-order chi connectivity index (χ1) is 9.91. The molecule has 0 unspecified atom stereocenters. The quantitative estimate of drug-likeness (QED) is 0.893. The van der Waals surface area contributed by atoms with Crippen LogP contribution in [-0.2, 0) is 19.3 Å². The first-order valence-electron chi connectivity index (χ1n) is 6.21. The lowest BCUT2D eigenvalue weighted by Crippen LogP contribution is -2.09. The van der Waals surface area contributed by atoms with Gasteiger partial charge in [-0.15, -0.1) is 12.4 Å². The van der Waals surface area contributed by atoms with E-state index in [0.29, 0.717) is 12.1 Å². The summed E-state index contributed by atoms with van der Waals surface area (Å²) >= 11 is 0. The number of aromatic hydroxyl groups is 1. The normalized spacial score (nSPS) is 10.9. The second-order valence-corrected chi connectivity index (χ2v) is 4.46. The molecule has 0 aliphatic rings. The van der Waals surface area contributed by atoms with Gasteiger partial charge in [-0.1, -0.05) is 30.3 Å². The van der Waals surface area contributed by atoms with E-state index in [1.807, 2.05) is 6.07 Å². The number of halogens is 4. The fourth-order valence-electron chi connectivity index (χ4n) is 1.93. The van der Waals surface area contributed by atoms with Crippen LogP contribution in [-0.4, -0.2) is 5.11 Å². The topological polar surface area (TPSA) is 55.5 Å². The van der Waals surface area contributed by atoms with Crippen molar-refractivity contribution in [3.63, 3.8) is 0 Å². The van der Waals surface area contributed by atoms with Crippen LogP contribution in [0.2, 0.25) is 0 Å². The van der Waals surface area contributed by atoms with Crippen molar-refractivity contribution in [3.8, 4) is 11.5 Å². The number of nitrogens with two attached hydrogens (primary N) is 1. The van der Waals surface area contributed by atoms with Gasteiger partial charge in [-0.25, -0.2) is 0 Å². The van der Waals surface area contributed by atoms with Crippen molar-refractivity contribution < 1.29 is 23.0 Å². The van der Waals surface area contributed by atoms with E-state index < -0.39 is 23.2 Å². The molecule has 3 N–H and O–H groups in total. The molecule has 0 spiro atoms. The maximum absolute atomic E-state index is 12.9. The molecular weight excluding hydrogens is 319 g/mol. The van der Waals surface area contributed by atoms with Crippen molar-refractivity contribution in [1.82, 2.24) is 0 Å². The number of hydrogen-bond acceptors (Lipinski definition) is 3. The molecule has 0 aliphatic heterocycles. The van der Waals surface area contributed by atoms with Crippen LogP contribution >= 0.6 is 12.4 Å². The molecule has 0 saturated heterocycles. The molecule has 3 nitrogen and oxygen atoms in total. The molecule has 22 heavy (non-hydrogen) atoms. The van der Waals surface area contributed by atoms with Crippen LogP contribution in [0.1, 0.15) is 16.7 Å². The zero-order valence-electron chi connectivity index (χ0n) is 11.4. The minimum Gasteiger partial charge on any atom is -0.507 e. The van der Waals surface area contributed by atoms with Crippen molar-refractivity contribution in [3.05, 3.63) is 59.2 Å². The van der Waals surface area contributed by atoms with Gasteiger partial charge >= 0.3 is 6.18 Å². The summed E-state index contributed by atoms with van der Waals surface area (Å²) in [5, 5.41) is 9.39. The third kappa shape index (κ3) is 4.29. The average molecular weight is 334 g/mol. The van der Waals surface area contributed by atoms with Gasteiger partial charge < -0.3 is 15.6 Å². The average Bonchev–Trinajstić information content (AvgIpc) is 2.44. The van der Waals surface area contributed by atoms with Crippen LogP contribution in [0.4, 0.5) is 13.2 Å². The van der Waals surface area contributed by atoms with Gasteiger partial charge in [0.05, 0.1) is 0 Å². The largest absolute Gasteiger partial charge is 0.507 e. The monoisotopic (exact) mass is 333 g/mol. The van der Waals surface area contributed by atoms with Gasteiger partial charge in [-0.05, 0) is 23.3 Å². The van der Waals surface area contributed by atoms with Crippen molar-refractivity contribution in [1.29, 1.82) is 0 Å². The second kappa shape index (κ2) is 7.38. The zero-order chi connectivity index (χ0) is 15.5. The predicted molar refractivity (Wildman–Crippen MR) is 79.0 cm³/mol. The molecule has 0 fully saturated rings. The Kier molecular flexibility index (Phi) is 6.08. The molecule has 7 heteroatoms. The van der Waals surface area contributed by atoms with Crippen LogP contribution in [0.15, 0.2) is 42.5 Å². The molecule has 0 atom stereocenters. The Hall–Kier alpha value is -1.92. The number of rotatable bonds is 4. The third-order valence-corrected chi connectivity index (χ3v) is 2.91. The summed E-state index contributed by atoms with van der Waals surface area (Å²) in [6.07, 6.45) is -4.68. The molecular formula is C15H15ClF3NO2. The minimum atomic E-state index is -4.68. The fourth-order valence-corrected chi connectivity index (χ4v) is 1.93. The molecule has 0 saturated carbocycles. The number of ether oxygens (including phenoxy) is 1. The van der Waals surface area contributed by atoms with Crippen LogP contribution < -0.4 is 10.5 Å². The molecule has 0 radical (unpaired) electrons. The second-order valence-electron chi connectivity index (χ2n) is 4.46. The Balaban J connectivity index is 0.00000242. The smallest absolute Gasteiger partial charge is 0.423 e. The lowest BCUT2D eigenvalue weighted by atomic mass is 10.1. The van der Waals surface area contributed by atoms with Crippen LogP contribution in [0.3, 0.4) is 0 Å². The molecule has 2 aromatic carbocycles. The molecule has 0 bridgehead atoms. The van der Waals surface area contributed by atoms with Crippen molar-refractivity contribution in [2.45, 2.75) is 19.3 Å². The highest BCUT2D eigenvalue weighted by molar-refractivity contribution is 5.85. The molecule has 2 rings (SSSR count). The van der Waals surface area contributed by atoms with Gasteiger partial charge in [0, 0.05) is 6.54 Å². The van der Waals surface area contributed by atoms with Gasteiger partial charge in [0.2, 0.25) is 0 Å². The van der Waals surface area contributed by atoms with E-state index in [1.54, 1.807) is 18.2 Å². The Labute approximate surface area is 131 Å². The Bertz CT molecular complexity index is 632. The zero-order valence-corrected chi connectivity index (χ0v) is 12.2. The molecule has 0 aromatic heterocycles. The minimum absolute atomic E-state index is 0. The summed E-state index contributed by atoms with van der Waals surface area (Å²) in [6, 6.07) is 10.5. The number of alkyl halides is 3. The summed E-state index contributed by atoms with van der Waals surface area (Å²) in [7, 11) is 0. The van der Waals surface area contributed by atoms with Crippen LogP contribution in [0.5, 0.6) is 11.5 Å². The van der Waals surface area contributed by atoms with Gasteiger partial charge in [-0.3, -0.25) is 0 Å². The standard InChI is InChI=1S/C15H14F3NO2.ClH/c16-15(17,18)14-12(20)5-2-6-13(14)21-9-11-4-1-3-10(7-11)8-19;/h1-7,20H,8-9,19H2;1H. The maximum atomic E-state index is 12.9. The molecule has 0 amide bonds. The van der Waals surface area contributed by atoms with Crippen LogP contribution in [0, 0.1) is 0 Å². The Morgan fingerprint density at radius 3 is 2.32 bits per heavy atom. The first-order valence-corrected chi connectivity index (χ1v) is 6.21. The summed E-state index contributed by atoms with van der Waals surface area (Å²) in [5.41, 5.74) is 5.90. The van der Waals surface area contributed by atoms with E-state index in [2.05, 4.69) is 0 Å². The van der Waals surface area contributed by atoms with Crippen molar-refractivity contribution >= 4 is 12.4 Å².